The fourth-order valence-electron chi connectivity index (χ4n) is 3.90. The van der Waals surface area contributed by atoms with Gasteiger partial charge in [0, 0.05) is 29.6 Å². The summed E-state index contributed by atoms with van der Waals surface area (Å²) in [7, 11) is 0. The summed E-state index contributed by atoms with van der Waals surface area (Å²) in [5, 5.41) is 3.50. The number of nitrogens with zero attached hydrogens (tertiary/aromatic N) is 2. The molecule has 0 amide bonds. The van der Waals surface area contributed by atoms with Gasteiger partial charge in [0.25, 0.3) is 0 Å². The normalized spacial score (nSPS) is 26.6. The van der Waals surface area contributed by atoms with Gasteiger partial charge >= 0.3 is 0 Å². The highest BCUT2D eigenvalue weighted by Crippen LogP contribution is 2.44. The summed E-state index contributed by atoms with van der Waals surface area (Å²) in [6.45, 7) is 6.25. The van der Waals surface area contributed by atoms with Crippen LogP contribution in [0.2, 0.25) is 0 Å². The third-order valence-electron chi connectivity index (χ3n) is 5.55. The molecule has 0 spiro atoms. The average molecular weight is 351 g/mol. The van der Waals surface area contributed by atoms with Gasteiger partial charge in [0.1, 0.15) is 11.9 Å². The van der Waals surface area contributed by atoms with Crippen LogP contribution in [0.25, 0.3) is 0 Å². The highest BCUT2D eigenvalue weighted by Gasteiger charge is 2.39. The smallest absolute Gasteiger partial charge is 0.219 e. The number of ether oxygens (including phenoxy) is 2. The lowest BCUT2D eigenvalue weighted by atomic mass is 9.93. The van der Waals surface area contributed by atoms with E-state index in [1.54, 1.807) is 0 Å². The number of fused-ring (bicyclic) bond motifs is 1. The first-order valence-electron chi connectivity index (χ1n) is 9.48. The number of aromatic nitrogens is 1. The third-order valence-corrected chi connectivity index (χ3v) is 5.55. The molecule has 0 aromatic carbocycles. The van der Waals surface area contributed by atoms with E-state index in [-0.39, 0.29) is 11.6 Å². The zero-order chi connectivity index (χ0) is 17.7. The largest absolute Gasteiger partial charge is 0.493 e. The molecule has 136 valence electrons. The summed E-state index contributed by atoms with van der Waals surface area (Å²) in [6.07, 6.45) is 11.7. The van der Waals surface area contributed by atoms with Gasteiger partial charge in [-0.2, -0.15) is 0 Å². The molecule has 2 aliphatic carbocycles. The fraction of sp³-hybridized carbons (Fsp3) is 0.476. The zero-order valence-electron chi connectivity index (χ0n) is 15.4. The Morgan fingerprint density at radius 1 is 1.31 bits per heavy atom. The van der Waals surface area contributed by atoms with Crippen molar-refractivity contribution >= 4 is 5.69 Å². The molecule has 5 nitrogen and oxygen atoms in total. The van der Waals surface area contributed by atoms with Gasteiger partial charge in [0.05, 0.1) is 24.8 Å². The van der Waals surface area contributed by atoms with Crippen LogP contribution >= 0.6 is 0 Å². The number of hydrogen-bond acceptors (Lipinski definition) is 5. The van der Waals surface area contributed by atoms with Gasteiger partial charge < -0.3 is 14.4 Å². The number of anilines is 1. The Bertz CT molecular complexity index is 803. The second kappa shape index (κ2) is 5.88. The van der Waals surface area contributed by atoms with Crippen LogP contribution in [0.3, 0.4) is 0 Å². The summed E-state index contributed by atoms with van der Waals surface area (Å²) in [5.41, 5.74) is 3.85. The lowest BCUT2D eigenvalue weighted by molar-refractivity contribution is 0.175. The second-order valence-electron chi connectivity index (χ2n) is 8.32. The summed E-state index contributed by atoms with van der Waals surface area (Å²) in [5.74, 6) is 2.19. The van der Waals surface area contributed by atoms with E-state index in [1.165, 1.54) is 24.0 Å². The van der Waals surface area contributed by atoms with E-state index in [2.05, 4.69) is 47.3 Å². The van der Waals surface area contributed by atoms with Crippen molar-refractivity contribution in [3.63, 3.8) is 0 Å². The molecule has 26 heavy (non-hydrogen) atoms. The number of nitrogens with one attached hydrogen (secondary N) is 1. The van der Waals surface area contributed by atoms with Crippen molar-refractivity contribution < 1.29 is 9.47 Å². The van der Waals surface area contributed by atoms with Crippen molar-refractivity contribution in [3.8, 4) is 5.88 Å². The van der Waals surface area contributed by atoms with Crippen molar-refractivity contribution in [3.05, 3.63) is 53.6 Å². The Morgan fingerprint density at radius 3 is 2.88 bits per heavy atom. The van der Waals surface area contributed by atoms with Crippen molar-refractivity contribution in [1.29, 1.82) is 0 Å². The predicted molar refractivity (Wildman–Crippen MR) is 101 cm³/mol. The molecule has 1 saturated carbocycles. The molecule has 5 heteroatoms. The maximum Gasteiger partial charge on any atom is 0.219 e. The van der Waals surface area contributed by atoms with E-state index in [0.717, 1.165) is 31.1 Å². The van der Waals surface area contributed by atoms with Crippen LogP contribution in [0.5, 0.6) is 5.88 Å². The lowest BCUT2D eigenvalue weighted by Crippen LogP contribution is -2.34. The lowest BCUT2D eigenvalue weighted by Gasteiger charge is -2.20. The fourth-order valence-corrected chi connectivity index (χ4v) is 3.90. The molecule has 2 aliphatic heterocycles. The van der Waals surface area contributed by atoms with E-state index in [4.69, 9.17) is 9.47 Å². The molecule has 1 saturated heterocycles. The number of allylic oxidation sites excluding steroid dienone is 2. The SMILES string of the molecule is CC1(C)CN(c2ccc(OC3=CCC4=COC(C5CC5)C4=C3)nc2)CN1. The van der Waals surface area contributed by atoms with Crippen LogP contribution < -0.4 is 15.0 Å². The molecule has 0 bridgehead atoms. The van der Waals surface area contributed by atoms with Crippen molar-refractivity contribution in [2.24, 2.45) is 5.92 Å². The van der Waals surface area contributed by atoms with E-state index < -0.39 is 0 Å². The van der Waals surface area contributed by atoms with Gasteiger partial charge in [0.2, 0.25) is 5.88 Å². The minimum atomic E-state index is 0.140. The molecule has 3 heterocycles. The summed E-state index contributed by atoms with van der Waals surface area (Å²) in [4.78, 5) is 6.81. The predicted octanol–water partition coefficient (Wildman–Crippen LogP) is 3.51. The minimum absolute atomic E-state index is 0.140. The van der Waals surface area contributed by atoms with Gasteiger partial charge in [-0.1, -0.05) is 0 Å². The molecule has 1 unspecified atom stereocenters. The van der Waals surface area contributed by atoms with Crippen LogP contribution in [0.4, 0.5) is 5.69 Å². The third kappa shape index (κ3) is 3.01. The minimum Gasteiger partial charge on any atom is -0.493 e. The molecule has 2 fully saturated rings. The average Bonchev–Trinajstić information content (AvgIpc) is 3.28. The Labute approximate surface area is 154 Å². The quantitative estimate of drug-likeness (QED) is 0.899. The Balaban J connectivity index is 1.27. The monoisotopic (exact) mass is 351 g/mol. The highest BCUT2D eigenvalue weighted by atomic mass is 16.5. The Kier molecular flexibility index (Phi) is 3.60. The topological polar surface area (TPSA) is 46.6 Å². The molecule has 1 N–H and O–H groups in total. The number of hydrogen-bond donors (Lipinski definition) is 1. The van der Waals surface area contributed by atoms with Crippen molar-refractivity contribution in [2.75, 3.05) is 18.1 Å². The first-order valence-corrected chi connectivity index (χ1v) is 9.48. The maximum absolute atomic E-state index is 6.03. The summed E-state index contributed by atoms with van der Waals surface area (Å²) in [6, 6.07) is 4.04. The molecule has 1 aromatic rings. The zero-order valence-corrected chi connectivity index (χ0v) is 15.4. The number of rotatable bonds is 4. The summed E-state index contributed by atoms with van der Waals surface area (Å²) >= 11 is 0. The highest BCUT2D eigenvalue weighted by molar-refractivity contribution is 5.49. The standard InChI is InChI=1S/C21H25N3O2/c1-21(2)12-24(13-23-21)16-6-8-19(22-10-16)26-17-7-5-15-11-25-20(14-3-4-14)18(15)9-17/h6-11,14,20,23H,3-5,12-13H2,1-2H3. The second-order valence-corrected chi connectivity index (χ2v) is 8.32. The van der Waals surface area contributed by atoms with Gasteiger partial charge in [0.15, 0.2) is 0 Å². The van der Waals surface area contributed by atoms with Crippen LogP contribution in [-0.2, 0) is 4.74 Å². The van der Waals surface area contributed by atoms with Gasteiger partial charge in [-0.05, 0) is 56.9 Å². The Morgan fingerprint density at radius 2 is 2.19 bits per heavy atom. The van der Waals surface area contributed by atoms with Gasteiger partial charge in [-0.3, -0.25) is 5.32 Å². The molecular weight excluding hydrogens is 326 g/mol. The molecule has 0 radical (unpaired) electrons. The Hall–Kier alpha value is -2.27. The van der Waals surface area contributed by atoms with Crippen LogP contribution in [-0.4, -0.2) is 29.8 Å². The molecule has 1 aromatic heterocycles. The van der Waals surface area contributed by atoms with E-state index >= 15 is 0 Å². The molecule has 5 rings (SSSR count). The van der Waals surface area contributed by atoms with Crippen LogP contribution in [0.1, 0.15) is 33.1 Å². The molecule has 4 aliphatic rings. The van der Waals surface area contributed by atoms with Crippen molar-refractivity contribution in [1.82, 2.24) is 10.3 Å². The molecule has 1 atom stereocenters. The van der Waals surface area contributed by atoms with Crippen LogP contribution in [0, 0.1) is 5.92 Å². The maximum atomic E-state index is 6.03. The van der Waals surface area contributed by atoms with Gasteiger partial charge in [-0.25, -0.2) is 4.98 Å². The molecular formula is C21H25N3O2. The summed E-state index contributed by atoms with van der Waals surface area (Å²) < 4.78 is 11.9. The van der Waals surface area contributed by atoms with Crippen molar-refractivity contribution in [2.45, 2.75) is 44.8 Å². The first-order chi connectivity index (χ1) is 12.6. The van der Waals surface area contributed by atoms with Crippen LogP contribution in [0.15, 0.2) is 53.6 Å². The van der Waals surface area contributed by atoms with E-state index in [0.29, 0.717) is 11.8 Å². The number of pyridine rings is 1. The van der Waals surface area contributed by atoms with Gasteiger partial charge in [-0.15, -0.1) is 0 Å². The first kappa shape index (κ1) is 15.9. The van der Waals surface area contributed by atoms with E-state index in [1.807, 2.05) is 18.5 Å². The van der Waals surface area contributed by atoms with E-state index in [9.17, 15) is 0 Å².